The molecule has 0 unspecified atom stereocenters. The van der Waals surface area contributed by atoms with E-state index in [9.17, 15) is 19.2 Å². The monoisotopic (exact) mass is 611 g/mol. The minimum Gasteiger partial charge on any atom is -0.484 e. The number of nitrogens with one attached hydrogen (secondary N) is 2. The zero-order chi connectivity index (χ0) is 30.3. The fourth-order valence-electron chi connectivity index (χ4n) is 4.13. The summed E-state index contributed by atoms with van der Waals surface area (Å²) in [6, 6.07) is 16.2. The number of carbonyl (C=O) groups excluding carboxylic acids is 4. The fourth-order valence-corrected chi connectivity index (χ4v) is 6.15. The van der Waals surface area contributed by atoms with Gasteiger partial charge in [0.05, 0.1) is 25.0 Å². The van der Waals surface area contributed by atoms with Gasteiger partial charge in [-0.15, -0.1) is 23.1 Å². The lowest BCUT2D eigenvalue weighted by Crippen LogP contribution is -2.39. The number of benzene rings is 2. The number of hydrogen-bond donors (Lipinski definition) is 2. The number of carbonyl (C=O) groups is 4. The molecule has 1 aliphatic heterocycles. The molecule has 0 saturated carbocycles. The molecule has 222 valence electrons. The van der Waals surface area contributed by atoms with Crippen molar-refractivity contribution in [1.29, 1.82) is 0 Å². The van der Waals surface area contributed by atoms with Gasteiger partial charge in [0, 0.05) is 22.0 Å². The Labute approximate surface area is 252 Å². The van der Waals surface area contributed by atoms with Crippen molar-refractivity contribution in [2.24, 2.45) is 0 Å². The highest BCUT2D eigenvalue weighted by molar-refractivity contribution is 8.00. The molecule has 0 saturated heterocycles. The lowest BCUT2D eigenvalue weighted by Gasteiger charge is -2.30. The first-order valence-corrected chi connectivity index (χ1v) is 15.0. The number of nitrogens with zero attached hydrogens (tertiary/aromatic N) is 1. The lowest BCUT2D eigenvalue weighted by atomic mass is 10.0. The average molecular weight is 612 g/mol. The van der Waals surface area contributed by atoms with Crippen LogP contribution in [0.25, 0.3) is 0 Å². The maximum Gasteiger partial charge on any atom is 0.410 e. The van der Waals surface area contributed by atoms with E-state index in [1.54, 1.807) is 56.0 Å². The average Bonchev–Trinajstić information content (AvgIpc) is 3.31. The number of para-hydroxylation sites is 1. The van der Waals surface area contributed by atoms with Crippen LogP contribution in [0.2, 0.25) is 0 Å². The smallest absolute Gasteiger partial charge is 0.410 e. The van der Waals surface area contributed by atoms with Gasteiger partial charge in [0.2, 0.25) is 5.91 Å². The topological polar surface area (TPSA) is 123 Å². The number of fused-ring (bicyclic) bond motifs is 1. The third-order valence-corrected chi connectivity index (χ3v) is 8.08. The number of ether oxygens (including phenoxy) is 3. The number of amides is 3. The van der Waals surface area contributed by atoms with Crippen LogP contribution in [0.5, 0.6) is 5.75 Å². The van der Waals surface area contributed by atoms with Crippen molar-refractivity contribution >= 4 is 57.7 Å². The van der Waals surface area contributed by atoms with Gasteiger partial charge in [-0.1, -0.05) is 24.3 Å². The molecule has 3 aromatic rings. The molecule has 10 nitrogen and oxygen atoms in total. The van der Waals surface area contributed by atoms with Crippen LogP contribution < -0.4 is 15.4 Å². The van der Waals surface area contributed by atoms with Crippen LogP contribution in [0.15, 0.2) is 59.5 Å². The first-order valence-electron chi connectivity index (χ1n) is 13.2. The summed E-state index contributed by atoms with van der Waals surface area (Å²) >= 11 is 2.54. The Morgan fingerprint density at radius 2 is 1.76 bits per heavy atom. The van der Waals surface area contributed by atoms with Crippen molar-refractivity contribution in [2.45, 2.75) is 44.2 Å². The zero-order valence-electron chi connectivity index (χ0n) is 23.9. The van der Waals surface area contributed by atoms with E-state index >= 15 is 0 Å². The molecule has 2 heterocycles. The Hall–Kier alpha value is -4.03. The summed E-state index contributed by atoms with van der Waals surface area (Å²) in [7, 11) is 1.29. The second-order valence-corrected chi connectivity index (χ2v) is 12.5. The largest absolute Gasteiger partial charge is 0.484 e. The highest BCUT2D eigenvalue weighted by atomic mass is 32.2. The number of thioether (sulfide) groups is 1. The van der Waals surface area contributed by atoms with Gasteiger partial charge in [0.1, 0.15) is 16.4 Å². The third kappa shape index (κ3) is 8.49. The van der Waals surface area contributed by atoms with Crippen molar-refractivity contribution in [2.75, 3.05) is 36.6 Å². The van der Waals surface area contributed by atoms with E-state index in [2.05, 4.69) is 10.6 Å². The van der Waals surface area contributed by atoms with E-state index in [1.807, 2.05) is 24.3 Å². The number of hydrogen-bond acceptors (Lipinski definition) is 9. The molecule has 0 spiro atoms. The summed E-state index contributed by atoms with van der Waals surface area (Å²) in [5, 5.41) is 6.04. The molecule has 0 bridgehead atoms. The van der Waals surface area contributed by atoms with Crippen molar-refractivity contribution in [3.8, 4) is 5.75 Å². The Morgan fingerprint density at radius 3 is 2.48 bits per heavy atom. The highest BCUT2D eigenvalue weighted by Gasteiger charge is 2.32. The van der Waals surface area contributed by atoms with Crippen LogP contribution >= 0.6 is 23.1 Å². The first kappa shape index (κ1) is 30.9. The van der Waals surface area contributed by atoms with Crippen LogP contribution in [0.4, 0.5) is 15.5 Å². The van der Waals surface area contributed by atoms with Crippen molar-refractivity contribution < 1.29 is 33.4 Å². The third-order valence-electron chi connectivity index (χ3n) is 5.95. The molecular formula is C30H33N3O7S2. The van der Waals surface area contributed by atoms with Gasteiger partial charge in [-0.3, -0.25) is 9.59 Å². The molecule has 12 heteroatoms. The molecule has 3 amide bonds. The maximum absolute atomic E-state index is 12.9. The number of anilines is 2. The van der Waals surface area contributed by atoms with Crippen LogP contribution in [0.1, 0.15) is 41.6 Å². The van der Waals surface area contributed by atoms with Gasteiger partial charge in [-0.05, 0) is 63.1 Å². The summed E-state index contributed by atoms with van der Waals surface area (Å²) in [5.74, 6) is -0.479. The van der Waals surface area contributed by atoms with E-state index in [1.165, 1.54) is 30.2 Å². The molecular weight excluding hydrogens is 578 g/mol. The van der Waals surface area contributed by atoms with E-state index in [4.69, 9.17) is 14.2 Å². The molecule has 0 aliphatic carbocycles. The SMILES string of the molecule is COC(=O)c1c(NC(=O)CSc2cccc(NC(=O)COc3ccccc3)c2)sc2c1CCN(C(=O)OC(C)(C)C)C2. The van der Waals surface area contributed by atoms with Crippen molar-refractivity contribution in [1.82, 2.24) is 4.90 Å². The Balaban J connectivity index is 1.35. The van der Waals surface area contributed by atoms with E-state index in [0.717, 1.165) is 15.3 Å². The van der Waals surface area contributed by atoms with Crippen LogP contribution in [-0.2, 0) is 32.0 Å². The van der Waals surface area contributed by atoms with Crippen LogP contribution in [0, 0.1) is 0 Å². The fraction of sp³-hybridized carbons (Fsp3) is 0.333. The van der Waals surface area contributed by atoms with Crippen LogP contribution in [0.3, 0.4) is 0 Å². The normalized spacial score (nSPS) is 12.6. The molecule has 0 atom stereocenters. The van der Waals surface area contributed by atoms with Gasteiger partial charge in [-0.25, -0.2) is 9.59 Å². The van der Waals surface area contributed by atoms with E-state index in [0.29, 0.717) is 35.0 Å². The zero-order valence-corrected chi connectivity index (χ0v) is 25.5. The number of esters is 1. The molecule has 1 aliphatic rings. The van der Waals surface area contributed by atoms with Gasteiger partial charge >= 0.3 is 12.1 Å². The minimum atomic E-state index is -0.622. The van der Waals surface area contributed by atoms with Gasteiger partial charge in [-0.2, -0.15) is 0 Å². The lowest BCUT2D eigenvalue weighted by molar-refractivity contribution is -0.118. The summed E-state index contributed by atoms with van der Waals surface area (Å²) in [4.78, 5) is 53.7. The quantitative estimate of drug-likeness (QED) is 0.238. The Kier molecular flexibility index (Phi) is 10.1. The minimum absolute atomic E-state index is 0.0712. The predicted octanol–water partition coefficient (Wildman–Crippen LogP) is 5.58. The van der Waals surface area contributed by atoms with Crippen molar-refractivity contribution in [3.63, 3.8) is 0 Å². The molecule has 0 radical (unpaired) electrons. The molecule has 2 N–H and O–H groups in total. The summed E-state index contributed by atoms with van der Waals surface area (Å²) in [6.07, 6.45) is 0.0139. The second-order valence-electron chi connectivity index (χ2n) is 10.4. The molecule has 1 aromatic heterocycles. The molecule has 4 rings (SSSR count). The predicted molar refractivity (Wildman–Crippen MR) is 162 cm³/mol. The van der Waals surface area contributed by atoms with Crippen LogP contribution in [-0.4, -0.2) is 60.4 Å². The van der Waals surface area contributed by atoms with Crippen molar-refractivity contribution in [3.05, 3.63) is 70.6 Å². The van der Waals surface area contributed by atoms with Gasteiger partial charge in [0.25, 0.3) is 5.91 Å². The maximum atomic E-state index is 12.9. The standard InChI is InChI=1S/C30H33N3O7S2/c1-30(2,3)40-29(37)33-14-13-22-23(16-33)42-27(26(22)28(36)38-4)32-25(35)18-41-21-12-8-9-19(15-21)31-24(34)17-39-20-10-6-5-7-11-20/h5-12,15H,13-14,16-18H2,1-4H3,(H,31,34)(H,32,35). The molecule has 2 aromatic carbocycles. The Morgan fingerprint density at radius 1 is 1.00 bits per heavy atom. The summed E-state index contributed by atoms with van der Waals surface area (Å²) in [5.41, 5.74) is 1.05. The van der Waals surface area contributed by atoms with E-state index in [-0.39, 0.29) is 30.7 Å². The Bertz CT molecular complexity index is 1450. The number of thiophene rings is 1. The first-order chi connectivity index (χ1) is 20.0. The molecule has 42 heavy (non-hydrogen) atoms. The second kappa shape index (κ2) is 13.8. The number of rotatable bonds is 9. The van der Waals surface area contributed by atoms with Gasteiger partial charge in [0.15, 0.2) is 6.61 Å². The highest BCUT2D eigenvalue weighted by Crippen LogP contribution is 2.38. The van der Waals surface area contributed by atoms with Gasteiger partial charge < -0.3 is 29.7 Å². The number of methoxy groups -OCH3 is 1. The summed E-state index contributed by atoms with van der Waals surface area (Å²) in [6.45, 7) is 5.95. The van der Waals surface area contributed by atoms with E-state index < -0.39 is 17.7 Å². The molecule has 0 fully saturated rings. The summed E-state index contributed by atoms with van der Waals surface area (Å²) < 4.78 is 16.0.